The number of rotatable bonds is 7. The van der Waals surface area contributed by atoms with Crippen LogP contribution in [0.5, 0.6) is 11.5 Å². The predicted octanol–water partition coefficient (Wildman–Crippen LogP) is 5.04. The van der Waals surface area contributed by atoms with Gasteiger partial charge in [-0.2, -0.15) is 0 Å². The lowest BCUT2D eigenvalue weighted by atomic mass is 10.2. The van der Waals surface area contributed by atoms with Gasteiger partial charge in [-0.15, -0.1) is 0 Å². The number of hydrogen-bond donors (Lipinski definition) is 1. The van der Waals surface area contributed by atoms with Crippen LogP contribution in [0.3, 0.4) is 0 Å². The first-order chi connectivity index (χ1) is 13.8. The zero-order valence-corrected chi connectivity index (χ0v) is 16.1. The molecule has 1 aromatic heterocycles. The van der Waals surface area contributed by atoms with Gasteiger partial charge in [-0.25, -0.2) is 4.98 Å². The summed E-state index contributed by atoms with van der Waals surface area (Å²) < 4.78 is 12.8. The van der Waals surface area contributed by atoms with Crippen molar-refractivity contribution in [2.75, 3.05) is 19.0 Å². The number of fused-ring (bicyclic) bond motifs is 1. The van der Waals surface area contributed by atoms with Crippen molar-refractivity contribution in [3.05, 3.63) is 78.6 Å². The molecule has 0 radical (unpaired) electrons. The van der Waals surface area contributed by atoms with Gasteiger partial charge >= 0.3 is 0 Å². The fourth-order valence-corrected chi connectivity index (χ4v) is 3.15. The van der Waals surface area contributed by atoms with Gasteiger partial charge in [0.2, 0.25) is 0 Å². The van der Waals surface area contributed by atoms with E-state index in [0.29, 0.717) is 6.61 Å². The van der Waals surface area contributed by atoms with Gasteiger partial charge < -0.3 is 14.8 Å². The smallest absolute Gasteiger partial charge is 0.119 e. The number of benzene rings is 3. The highest BCUT2D eigenvalue weighted by atomic mass is 16.5. The summed E-state index contributed by atoms with van der Waals surface area (Å²) in [5.41, 5.74) is 5.32. The predicted molar refractivity (Wildman–Crippen MR) is 113 cm³/mol. The van der Waals surface area contributed by atoms with Crippen LogP contribution in [-0.2, 0) is 6.54 Å². The van der Waals surface area contributed by atoms with Crippen LogP contribution in [-0.4, -0.2) is 23.3 Å². The molecule has 0 saturated heterocycles. The number of nitrogens with one attached hydrogen (secondary N) is 1. The summed E-state index contributed by atoms with van der Waals surface area (Å²) >= 11 is 0. The van der Waals surface area contributed by atoms with E-state index in [9.17, 15) is 0 Å². The van der Waals surface area contributed by atoms with Crippen molar-refractivity contribution >= 4 is 16.7 Å². The first-order valence-electron chi connectivity index (χ1n) is 9.34. The minimum atomic E-state index is 0.681. The maximum absolute atomic E-state index is 5.49. The van der Waals surface area contributed by atoms with E-state index < -0.39 is 0 Å². The molecule has 1 N–H and O–H groups in total. The van der Waals surface area contributed by atoms with Crippen molar-refractivity contribution in [1.29, 1.82) is 0 Å². The van der Waals surface area contributed by atoms with Gasteiger partial charge in [0.1, 0.15) is 17.8 Å². The lowest BCUT2D eigenvalue weighted by Gasteiger charge is -2.09. The Balaban J connectivity index is 1.49. The zero-order valence-electron chi connectivity index (χ0n) is 16.1. The maximum Gasteiger partial charge on any atom is 0.119 e. The van der Waals surface area contributed by atoms with E-state index in [1.54, 1.807) is 7.11 Å². The number of anilines is 1. The summed E-state index contributed by atoms with van der Waals surface area (Å²) in [6.07, 6.45) is 1.85. The highest BCUT2D eigenvalue weighted by molar-refractivity contribution is 5.81. The number of nitrogens with zero attached hydrogens (tertiary/aromatic N) is 2. The van der Waals surface area contributed by atoms with Crippen LogP contribution in [0.15, 0.2) is 73.1 Å². The summed E-state index contributed by atoms with van der Waals surface area (Å²) in [5.74, 6) is 1.74. The van der Waals surface area contributed by atoms with Crippen LogP contribution >= 0.6 is 0 Å². The Bertz CT molecular complexity index is 1050. The Morgan fingerprint density at radius 3 is 2.39 bits per heavy atom. The molecule has 3 aromatic carbocycles. The van der Waals surface area contributed by atoms with Crippen molar-refractivity contribution in [2.45, 2.75) is 13.5 Å². The molecule has 142 valence electrons. The van der Waals surface area contributed by atoms with Crippen LogP contribution in [0.4, 0.5) is 5.69 Å². The number of imidazole rings is 1. The average molecular weight is 373 g/mol. The minimum Gasteiger partial charge on any atom is -0.497 e. The normalized spacial score (nSPS) is 10.8. The number of methoxy groups -OCH3 is 1. The van der Waals surface area contributed by atoms with Gasteiger partial charge in [0.15, 0.2) is 0 Å². The third-order valence-corrected chi connectivity index (χ3v) is 4.63. The molecule has 1 heterocycles. The second kappa shape index (κ2) is 8.05. The minimum absolute atomic E-state index is 0.681. The summed E-state index contributed by atoms with van der Waals surface area (Å²) in [6.45, 7) is 3.42. The van der Waals surface area contributed by atoms with E-state index in [0.717, 1.165) is 40.5 Å². The van der Waals surface area contributed by atoms with E-state index >= 15 is 0 Å². The SMILES string of the molecule is CCOc1ccc(CNc2ccc3c(c2)ncn3-c2ccc(OC)cc2)cc1. The molecular weight excluding hydrogens is 350 g/mol. The second-order valence-electron chi connectivity index (χ2n) is 6.45. The Hall–Kier alpha value is -3.47. The molecule has 0 amide bonds. The van der Waals surface area contributed by atoms with E-state index in [2.05, 4.69) is 45.2 Å². The van der Waals surface area contributed by atoms with Crippen LogP contribution in [0, 0.1) is 0 Å². The first-order valence-corrected chi connectivity index (χ1v) is 9.34. The van der Waals surface area contributed by atoms with Crippen LogP contribution < -0.4 is 14.8 Å². The Labute approximate surface area is 164 Å². The van der Waals surface area contributed by atoms with Crippen molar-refractivity contribution in [3.8, 4) is 17.2 Å². The molecule has 0 spiro atoms. The fraction of sp³-hybridized carbons (Fsp3) is 0.174. The van der Waals surface area contributed by atoms with E-state index in [1.165, 1.54) is 5.56 Å². The maximum atomic E-state index is 5.49. The number of aromatic nitrogens is 2. The summed E-state index contributed by atoms with van der Waals surface area (Å²) in [4.78, 5) is 4.56. The zero-order chi connectivity index (χ0) is 19.3. The lowest BCUT2D eigenvalue weighted by Crippen LogP contribution is -2.00. The Morgan fingerprint density at radius 1 is 0.929 bits per heavy atom. The van der Waals surface area contributed by atoms with Gasteiger partial charge in [0.05, 0.1) is 24.8 Å². The molecule has 5 heteroatoms. The van der Waals surface area contributed by atoms with Crippen molar-refractivity contribution in [2.24, 2.45) is 0 Å². The van der Waals surface area contributed by atoms with Crippen molar-refractivity contribution in [3.63, 3.8) is 0 Å². The molecule has 28 heavy (non-hydrogen) atoms. The summed E-state index contributed by atoms with van der Waals surface area (Å²) in [6, 6.07) is 22.4. The number of ether oxygens (including phenoxy) is 2. The van der Waals surface area contributed by atoms with Gasteiger partial charge in [-0.3, -0.25) is 4.57 Å². The van der Waals surface area contributed by atoms with E-state index in [4.69, 9.17) is 9.47 Å². The van der Waals surface area contributed by atoms with Crippen LogP contribution in [0.25, 0.3) is 16.7 Å². The molecule has 4 rings (SSSR count). The first kappa shape index (κ1) is 17.9. The largest absolute Gasteiger partial charge is 0.497 e. The molecule has 4 aromatic rings. The van der Waals surface area contributed by atoms with Gasteiger partial charge in [0, 0.05) is 17.9 Å². The quantitative estimate of drug-likeness (QED) is 0.493. The molecule has 0 atom stereocenters. The van der Waals surface area contributed by atoms with Crippen LogP contribution in [0.1, 0.15) is 12.5 Å². The molecule has 0 saturated carbocycles. The standard InChI is InChI=1S/C23H23N3O2/c1-3-28-21-9-4-17(5-10-21)15-24-18-6-13-23-22(14-18)25-16-26(23)19-7-11-20(27-2)12-8-19/h4-14,16,24H,3,15H2,1-2H3. The fourth-order valence-electron chi connectivity index (χ4n) is 3.15. The van der Waals surface area contributed by atoms with Crippen molar-refractivity contribution in [1.82, 2.24) is 9.55 Å². The third-order valence-electron chi connectivity index (χ3n) is 4.63. The second-order valence-corrected chi connectivity index (χ2v) is 6.45. The summed E-state index contributed by atoms with van der Waals surface area (Å²) in [5, 5.41) is 3.46. The Morgan fingerprint density at radius 2 is 1.68 bits per heavy atom. The molecule has 0 bridgehead atoms. The molecular formula is C23H23N3O2. The molecule has 0 unspecified atom stereocenters. The third kappa shape index (κ3) is 3.78. The average Bonchev–Trinajstić information content (AvgIpc) is 3.17. The lowest BCUT2D eigenvalue weighted by molar-refractivity contribution is 0.340. The van der Waals surface area contributed by atoms with Gasteiger partial charge in [0.25, 0.3) is 0 Å². The highest BCUT2D eigenvalue weighted by Gasteiger charge is 2.06. The van der Waals surface area contributed by atoms with E-state index in [-0.39, 0.29) is 0 Å². The molecule has 5 nitrogen and oxygen atoms in total. The topological polar surface area (TPSA) is 48.3 Å². The molecule has 0 fully saturated rings. The Kier molecular flexibility index (Phi) is 5.15. The highest BCUT2D eigenvalue weighted by Crippen LogP contribution is 2.23. The molecule has 0 aliphatic rings. The molecule has 0 aliphatic heterocycles. The number of hydrogen-bond acceptors (Lipinski definition) is 4. The van der Waals surface area contributed by atoms with Crippen molar-refractivity contribution < 1.29 is 9.47 Å². The van der Waals surface area contributed by atoms with Gasteiger partial charge in [-0.05, 0) is 67.1 Å². The summed E-state index contributed by atoms with van der Waals surface area (Å²) in [7, 11) is 1.67. The van der Waals surface area contributed by atoms with Crippen LogP contribution in [0.2, 0.25) is 0 Å². The van der Waals surface area contributed by atoms with E-state index in [1.807, 2.05) is 49.6 Å². The molecule has 0 aliphatic carbocycles. The monoisotopic (exact) mass is 373 g/mol. The van der Waals surface area contributed by atoms with Gasteiger partial charge in [-0.1, -0.05) is 12.1 Å².